The van der Waals surface area contributed by atoms with Crippen molar-refractivity contribution in [2.45, 2.75) is 13.0 Å². The summed E-state index contributed by atoms with van der Waals surface area (Å²) >= 11 is 5.81. The van der Waals surface area contributed by atoms with Crippen LogP contribution in [0.4, 0.5) is 0 Å². The van der Waals surface area contributed by atoms with Crippen molar-refractivity contribution in [3.05, 3.63) is 50.1 Å². The molecule has 0 radical (unpaired) electrons. The number of benzene rings is 1. The van der Waals surface area contributed by atoms with Gasteiger partial charge in [-0.2, -0.15) is 0 Å². The zero-order chi connectivity index (χ0) is 15.6. The number of hydrogen-bond donors (Lipinski definition) is 2. The van der Waals surface area contributed by atoms with Crippen molar-refractivity contribution in [1.82, 2.24) is 9.55 Å². The van der Waals surface area contributed by atoms with Gasteiger partial charge in [0.1, 0.15) is 5.56 Å². The van der Waals surface area contributed by atoms with E-state index in [1.165, 1.54) is 7.11 Å². The molecule has 1 aromatic carbocycles. The van der Waals surface area contributed by atoms with Crippen molar-refractivity contribution in [2.75, 3.05) is 13.7 Å². The molecule has 2 aromatic rings. The predicted octanol–water partition coefficient (Wildman–Crippen LogP) is 1.77. The van der Waals surface area contributed by atoms with Gasteiger partial charge in [0.05, 0.1) is 12.6 Å². The summed E-state index contributed by atoms with van der Waals surface area (Å²) in [5, 5.41) is 10.8. The SMILES string of the molecule is COCC(C)n1c(O)c(-c2ccc(Cl)cc2)c(=O)[nH]c1=O. The molecule has 0 aliphatic rings. The molecule has 0 saturated heterocycles. The summed E-state index contributed by atoms with van der Waals surface area (Å²) < 4.78 is 6.07. The lowest BCUT2D eigenvalue weighted by atomic mass is 10.1. The summed E-state index contributed by atoms with van der Waals surface area (Å²) in [6.07, 6.45) is 0. The first-order chi connectivity index (χ1) is 9.95. The van der Waals surface area contributed by atoms with E-state index in [0.717, 1.165) is 4.57 Å². The topological polar surface area (TPSA) is 84.3 Å². The van der Waals surface area contributed by atoms with Crippen LogP contribution in [0.3, 0.4) is 0 Å². The van der Waals surface area contributed by atoms with Crippen LogP contribution in [0.1, 0.15) is 13.0 Å². The Morgan fingerprint density at radius 2 is 1.95 bits per heavy atom. The van der Waals surface area contributed by atoms with Gasteiger partial charge < -0.3 is 9.84 Å². The van der Waals surface area contributed by atoms with E-state index in [-0.39, 0.29) is 12.2 Å². The molecule has 0 aliphatic carbocycles. The van der Waals surface area contributed by atoms with Gasteiger partial charge in [0.25, 0.3) is 5.56 Å². The van der Waals surface area contributed by atoms with Crippen LogP contribution in [-0.4, -0.2) is 28.4 Å². The van der Waals surface area contributed by atoms with E-state index in [4.69, 9.17) is 16.3 Å². The molecule has 0 aliphatic heterocycles. The molecule has 1 heterocycles. The van der Waals surface area contributed by atoms with E-state index in [1.54, 1.807) is 31.2 Å². The van der Waals surface area contributed by atoms with Gasteiger partial charge >= 0.3 is 5.69 Å². The molecule has 2 N–H and O–H groups in total. The molecule has 1 unspecified atom stereocenters. The van der Waals surface area contributed by atoms with Gasteiger partial charge in [-0.3, -0.25) is 14.3 Å². The van der Waals surface area contributed by atoms with E-state index in [2.05, 4.69) is 4.98 Å². The zero-order valence-electron chi connectivity index (χ0n) is 11.6. The minimum absolute atomic E-state index is 0.0224. The van der Waals surface area contributed by atoms with Crippen molar-refractivity contribution in [1.29, 1.82) is 0 Å². The average Bonchev–Trinajstić information content (AvgIpc) is 2.40. The largest absolute Gasteiger partial charge is 0.494 e. The Kier molecular flexibility index (Phi) is 4.50. The molecule has 7 heteroatoms. The summed E-state index contributed by atoms with van der Waals surface area (Å²) in [6.45, 7) is 1.92. The lowest BCUT2D eigenvalue weighted by molar-refractivity contribution is 0.155. The fraction of sp³-hybridized carbons (Fsp3) is 0.286. The number of methoxy groups -OCH3 is 1. The summed E-state index contributed by atoms with van der Waals surface area (Å²) in [5.74, 6) is -0.393. The highest BCUT2D eigenvalue weighted by Crippen LogP contribution is 2.27. The molecule has 0 spiro atoms. The second kappa shape index (κ2) is 6.15. The lowest BCUT2D eigenvalue weighted by Crippen LogP contribution is -2.33. The maximum atomic E-state index is 12.0. The Bertz CT molecular complexity index is 749. The van der Waals surface area contributed by atoms with E-state index < -0.39 is 23.2 Å². The third-order valence-corrected chi connectivity index (χ3v) is 3.35. The minimum atomic E-state index is -0.681. The Morgan fingerprint density at radius 1 is 1.33 bits per heavy atom. The second-order valence-electron chi connectivity index (χ2n) is 4.64. The number of aromatic hydroxyl groups is 1. The molecule has 2 rings (SSSR count). The van der Waals surface area contributed by atoms with Gasteiger partial charge in [-0.1, -0.05) is 23.7 Å². The first kappa shape index (κ1) is 15.3. The van der Waals surface area contributed by atoms with Crippen molar-refractivity contribution in [3.63, 3.8) is 0 Å². The van der Waals surface area contributed by atoms with Crippen molar-refractivity contribution in [3.8, 4) is 17.0 Å². The Labute approximate surface area is 125 Å². The smallest absolute Gasteiger partial charge is 0.331 e. The number of halogens is 1. The molecular weight excluding hydrogens is 296 g/mol. The molecule has 21 heavy (non-hydrogen) atoms. The quantitative estimate of drug-likeness (QED) is 0.901. The molecule has 1 aromatic heterocycles. The Hall–Kier alpha value is -2.05. The van der Waals surface area contributed by atoms with Crippen LogP contribution in [0.25, 0.3) is 11.1 Å². The van der Waals surface area contributed by atoms with Gasteiger partial charge in [0.2, 0.25) is 5.88 Å². The molecule has 0 fully saturated rings. The number of ether oxygens (including phenoxy) is 1. The average molecular weight is 311 g/mol. The fourth-order valence-corrected chi connectivity index (χ4v) is 2.27. The Balaban J connectivity index is 2.67. The molecule has 112 valence electrons. The first-order valence-electron chi connectivity index (χ1n) is 6.28. The summed E-state index contributed by atoms with van der Waals surface area (Å²) in [5.41, 5.74) is -0.841. The van der Waals surface area contributed by atoms with Gasteiger partial charge in [-0.05, 0) is 24.6 Å². The highest BCUT2D eigenvalue weighted by Gasteiger charge is 2.19. The second-order valence-corrected chi connectivity index (χ2v) is 5.08. The van der Waals surface area contributed by atoms with Crippen LogP contribution in [-0.2, 0) is 4.74 Å². The minimum Gasteiger partial charge on any atom is -0.494 e. The maximum absolute atomic E-state index is 12.0. The van der Waals surface area contributed by atoms with Gasteiger partial charge in [-0.15, -0.1) is 0 Å². The molecule has 0 saturated carbocycles. The summed E-state index contributed by atoms with van der Waals surface area (Å²) in [4.78, 5) is 26.1. The van der Waals surface area contributed by atoms with E-state index >= 15 is 0 Å². The lowest BCUT2D eigenvalue weighted by Gasteiger charge is -2.17. The van der Waals surface area contributed by atoms with Crippen molar-refractivity contribution >= 4 is 11.6 Å². The number of nitrogens with zero attached hydrogens (tertiary/aromatic N) is 1. The number of nitrogens with one attached hydrogen (secondary N) is 1. The number of rotatable bonds is 4. The van der Waals surface area contributed by atoms with Gasteiger partial charge in [0, 0.05) is 12.1 Å². The van der Waals surface area contributed by atoms with E-state index in [1.807, 2.05) is 0 Å². The Morgan fingerprint density at radius 3 is 2.52 bits per heavy atom. The highest BCUT2D eigenvalue weighted by molar-refractivity contribution is 6.30. The molecule has 0 bridgehead atoms. The van der Waals surface area contributed by atoms with Gasteiger partial charge in [-0.25, -0.2) is 4.79 Å². The normalized spacial score (nSPS) is 12.3. The third kappa shape index (κ3) is 3.01. The predicted molar refractivity (Wildman–Crippen MR) is 80.0 cm³/mol. The van der Waals surface area contributed by atoms with Crippen LogP contribution >= 0.6 is 11.6 Å². The van der Waals surface area contributed by atoms with Crippen molar-refractivity contribution in [2.24, 2.45) is 0 Å². The monoisotopic (exact) mass is 310 g/mol. The van der Waals surface area contributed by atoms with Crippen LogP contribution in [0, 0.1) is 0 Å². The van der Waals surface area contributed by atoms with Crippen LogP contribution < -0.4 is 11.2 Å². The van der Waals surface area contributed by atoms with Crippen LogP contribution in [0.15, 0.2) is 33.9 Å². The standard InChI is InChI=1S/C14H15ClN2O4/c1-8(7-21-2)17-13(19)11(12(18)16-14(17)20)9-3-5-10(15)6-4-9/h3-6,8,19H,7H2,1-2H3,(H,16,18,20). The number of aromatic nitrogens is 2. The van der Waals surface area contributed by atoms with E-state index in [9.17, 15) is 14.7 Å². The number of aromatic amines is 1. The molecule has 1 atom stereocenters. The van der Waals surface area contributed by atoms with Crippen molar-refractivity contribution < 1.29 is 9.84 Å². The number of H-pyrrole nitrogens is 1. The first-order valence-corrected chi connectivity index (χ1v) is 6.66. The zero-order valence-corrected chi connectivity index (χ0v) is 12.3. The van der Waals surface area contributed by atoms with Crippen LogP contribution in [0.2, 0.25) is 5.02 Å². The third-order valence-electron chi connectivity index (χ3n) is 3.10. The molecular formula is C14H15ClN2O4. The van der Waals surface area contributed by atoms with Gasteiger partial charge in [0.15, 0.2) is 0 Å². The summed E-state index contributed by atoms with van der Waals surface area (Å²) in [7, 11) is 1.49. The molecule has 6 nitrogen and oxygen atoms in total. The fourth-order valence-electron chi connectivity index (χ4n) is 2.14. The highest BCUT2D eigenvalue weighted by atomic mass is 35.5. The number of hydrogen-bond acceptors (Lipinski definition) is 4. The maximum Gasteiger partial charge on any atom is 0.331 e. The van der Waals surface area contributed by atoms with E-state index in [0.29, 0.717) is 10.6 Å². The van der Waals surface area contributed by atoms with Crippen LogP contribution in [0.5, 0.6) is 5.88 Å². The summed E-state index contributed by atoms with van der Waals surface area (Å²) in [6, 6.07) is 5.98. The molecule has 0 amide bonds.